The molecule has 0 saturated carbocycles. The molecule has 30 heavy (non-hydrogen) atoms. The molecule has 0 aliphatic carbocycles. The van der Waals surface area contributed by atoms with Crippen LogP contribution in [0.2, 0.25) is 0 Å². The molecule has 3 aromatic rings. The number of carbonyl (C=O) groups is 1. The zero-order valence-corrected chi connectivity index (χ0v) is 16.1. The second-order valence-corrected chi connectivity index (χ2v) is 6.49. The maximum Gasteiger partial charge on any atom is 0.417 e. The van der Waals surface area contributed by atoms with Crippen molar-refractivity contribution >= 4 is 5.97 Å². The minimum Gasteiger partial charge on any atom is -0.494 e. The van der Waals surface area contributed by atoms with E-state index < -0.39 is 17.7 Å². The first-order valence-electron chi connectivity index (χ1n) is 9.19. The highest BCUT2D eigenvalue weighted by molar-refractivity contribution is 5.71. The Morgan fingerprint density at radius 2 is 1.67 bits per heavy atom. The lowest BCUT2D eigenvalue weighted by atomic mass is 9.99. The third kappa shape index (κ3) is 5.31. The van der Waals surface area contributed by atoms with E-state index in [0.29, 0.717) is 35.0 Å². The number of aliphatic carboxylic acids is 1. The van der Waals surface area contributed by atoms with Crippen LogP contribution in [-0.2, 0) is 17.4 Å². The van der Waals surface area contributed by atoms with Crippen LogP contribution < -0.4 is 9.47 Å². The first-order valence-corrected chi connectivity index (χ1v) is 9.19. The van der Waals surface area contributed by atoms with E-state index in [0.717, 1.165) is 6.07 Å². The summed E-state index contributed by atoms with van der Waals surface area (Å²) in [4.78, 5) is 11.0. The van der Waals surface area contributed by atoms with Crippen LogP contribution in [0.5, 0.6) is 17.2 Å². The highest BCUT2D eigenvalue weighted by Gasteiger charge is 2.33. The molecule has 3 aromatic carbocycles. The molecule has 0 aromatic heterocycles. The van der Waals surface area contributed by atoms with Crippen molar-refractivity contribution in [2.75, 3.05) is 6.61 Å². The van der Waals surface area contributed by atoms with E-state index in [4.69, 9.17) is 14.6 Å². The molecular weight excluding hydrogens is 397 g/mol. The summed E-state index contributed by atoms with van der Waals surface area (Å²) in [5.74, 6) is 0.100. The number of benzene rings is 3. The Kier molecular flexibility index (Phi) is 6.30. The first-order chi connectivity index (χ1) is 14.3. The number of hydrogen-bond donors (Lipinski definition) is 1. The summed E-state index contributed by atoms with van der Waals surface area (Å²) in [6, 6.07) is 16.4. The third-order valence-electron chi connectivity index (χ3n) is 4.22. The maximum atomic E-state index is 13.4. The average molecular weight is 416 g/mol. The number of ether oxygens (including phenoxy) is 2. The summed E-state index contributed by atoms with van der Waals surface area (Å²) in [7, 11) is 0. The largest absolute Gasteiger partial charge is 0.494 e. The van der Waals surface area contributed by atoms with Crippen molar-refractivity contribution in [3.05, 3.63) is 77.9 Å². The lowest BCUT2D eigenvalue weighted by molar-refractivity contribution is -0.137. The number of alkyl halides is 3. The van der Waals surface area contributed by atoms with Gasteiger partial charge in [-0.05, 0) is 53.9 Å². The summed E-state index contributed by atoms with van der Waals surface area (Å²) in [6.07, 6.45) is -4.69. The van der Waals surface area contributed by atoms with Crippen LogP contribution in [0.25, 0.3) is 11.1 Å². The molecule has 0 unspecified atom stereocenters. The molecule has 0 atom stereocenters. The summed E-state index contributed by atoms with van der Waals surface area (Å²) in [5.41, 5.74) is 0.156. The van der Waals surface area contributed by atoms with E-state index >= 15 is 0 Å². The Balaban J connectivity index is 1.95. The van der Waals surface area contributed by atoms with Gasteiger partial charge in [0.1, 0.15) is 17.2 Å². The van der Waals surface area contributed by atoms with Crippen LogP contribution >= 0.6 is 0 Å². The molecule has 0 fully saturated rings. The molecule has 0 radical (unpaired) electrons. The highest BCUT2D eigenvalue weighted by Crippen LogP contribution is 2.38. The molecule has 3 rings (SSSR count). The lowest BCUT2D eigenvalue weighted by Gasteiger charge is -2.14. The van der Waals surface area contributed by atoms with E-state index in [1.807, 2.05) is 0 Å². The van der Waals surface area contributed by atoms with Crippen LogP contribution in [0.3, 0.4) is 0 Å². The van der Waals surface area contributed by atoms with Gasteiger partial charge < -0.3 is 14.6 Å². The van der Waals surface area contributed by atoms with E-state index in [-0.39, 0.29) is 12.0 Å². The Bertz CT molecular complexity index is 1040. The zero-order valence-electron chi connectivity index (χ0n) is 16.1. The zero-order chi connectivity index (χ0) is 21.7. The average Bonchev–Trinajstić information content (AvgIpc) is 2.67. The van der Waals surface area contributed by atoms with Gasteiger partial charge >= 0.3 is 12.1 Å². The van der Waals surface area contributed by atoms with E-state index in [9.17, 15) is 18.0 Å². The van der Waals surface area contributed by atoms with Crippen molar-refractivity contribution in [1.29, 1.82) is 0 Å². The summed E-state index contributed by atoms with van der Waals surface area (Å²) in [6.45, 7) is 2.19. The van der Waals surface area contributed by atoms with Gasteiger partial charge in [-0.25, -0.2) is 0 Å². The van der Waals surface area contributed by atoms with Gasteiger partial charge in [0.05, 0.1) is 18.6 Å². The van der Waals surface area contributed by atoms with Gasteiger partial charge in [-0.2, -0.15) is 13.2 Å². The SMILES string of the molecule is CCOc1cc(CC(=O)O)cc(Oc2cccc(-c3ccccc3C(F)(F)F)c2)c1. The Morgan fingerprint density at radius 1 is 0.933 bits per heavy atom. The topological polar surface area (TPSA) is 55.8 Å². The van der Waals surface area contributed by atoms with Gasteiger partial charge in [0.2, 0.25) is 0 Å². The highest BCUT2D eigenvalue weighted by atomic mass is 19.4. The van der Waals surface area contributed by atoms with Crippen LogP contribution in [0.1, 0.15) is 18.1 Å². The smallest absolute Gasteiger partial charge is 0.417 e. The number of hydrogen-bond acceptors (Lipinski definition) is 3. The van der Waals surface area contributed by atoms with Crippen LogP contribution in [0.15, 0.2) is 66.7 Å². The van der Waals surface area contributed by atoms with Crippen molar-refractivity contribution in [1.82, 2.24) is 0 Å². The molecule has 0 aliphatic heterocycles. The van der Waals surface area contributed by atoms with Gasteiger partial charge in [-0.3, -0.25) is 4.79 Å². The van der Waals surface area contributed by atoms with E-state index in [2.05, 4.69) is 0 Å². The van der Waals surface area contributed by atoms with Gasteiger partial charge in [0.25, 0.3) is 0 Å². The van der Waals surface area contributed by atoms with Crippen molar-refractivity contribution in [3.63, 3.8) is 0 Å². The van der Waals surface area contributed by atoms with Crippen molar-refractivity contribution in [2.45, 2.75) is 19.5 Å². The Morgan fingerprint density at radius 3 is 2.37 bits per heavy atom. The minimum atomic E-state index is -4.48. The van der Waals surface area contributed by atoms with Crippen LogP contribution in [-0.4, -0.2) is 17.7 Å². The van der Waals surface area contributed by atoms with Gasteiger partial charge in [-0.1, -0.05) is 30.3 Å². The molecule has 0 bridgehead atoms. The summed E-state index contributed by atoms with van der Waals surface area (Å²) >= 11 is 0. The predicted octanol–water partition coefficient (Wildman–Crippen LogP) is 6.19. The number of rotatable bonds is 7. The summed E-state index contributed by atoms with van der Waals surface area (Å²) in [5, 5.41) is 9.05. The molecule has 1 N–H and O–H groups in total. The third-order valence-corrected chi connectivity index (χ3v) is 4.22. The normalized spacial score (nSPS) is 11.2. The molecule has 0 spiro atoms. The molecule has 0 heterocycles. The quantitative estimate of drug-likeness (QED) is 0.499. The van der Waals surface area contributed by atoms with E-state index in [1.165, 1.54) is 18.2 Å². The fourth-order valence-corrected chi connectivity index (χ4v) is 3.06. The molecular formula is C23H19F3O4. The van der Waals surface area contributed by atoms with Gasteiger partial charge in [0.15, 0.2) is 0 Å². The Labute approximate surface area is 171 Å². The van der Waals surface area contributed by atoms with E-state index in [1.54, 1.807) is 49.4 Å². The lowest BCUT2D eigenvalue weighted by Crippen LogP contribution is -2.06. The number of halogens is 3. The molecule has 7 heteroatoms. The monoisotopic (exact) mass is 416 g/mol. The standard InChI is InChI=1S/C23H19F3O4/c1-2-29-18-10-15(12-22(27)28)11-19(14-18)30-17-7-5-6-16(13-17)20-8-3-4-9-21(20)23(24,25)26/h3-11,13-14H,2,12H2,1H3,(H,27,28). The van der Waals surface area contributed by atoms with Gasteiger partial charge in [-0.15, -0.1) is 0 Å². The molecule has 156 valence electrons. The maximum absolute atomic E-state index is 13.4. The van der Waals surface area contributed by atoms with Crippen molar-refractivity contribution in [2.24, 2.45) is 0 Å². The minimum absolute atomic E-state index is 0.0464. The molecule has 4 nitrogen and oxygen atoms in total. The predicted molar refractivity (Wildman–Crippen MR) is 106 cm³/mol. The molecule has 0 aliphatic rings. The fraction of sp³-hybridized carbons (Fsp3) is 0.174. The second kappa shape index (κ2) is 8.90. The Hall–Kier alpha value is -3.48. The fourth-order valence-electron chi connectivity index (χ4n) is 3.06. The number of carboxylic acids is 1. The van der Waals surface area contributed by atoms with Gasteiger partial charge in [0, 0.05) is 6.07 Å². The van der Waals surface area contributed by atoms with Crippen molar-refractivity contribution < 1.29 is 32.5 Å². The first kappa shape index (κ1) is 21.2. The molecule has 0 saturated heterocycles. The van der Waals surface area contributed by atoms with Crippen molar-refractivity contribution in [3.8, 4) is 28.4 Å². The second-order valence-electron chi connectivity index (χ2n) is 6.49. The number of carboxylic acid groups (broad SMARTS) is 1. The van der Waals surface area contributed by atoms with Crippen LogP contribution in [0, 0.1) is 0 Å². The molecule has 0 amide bonds. The summed E-state index contributed by atoms with van der Waals surface area (Å²) < 4.78 is 51.3. The van der Waals surface area contributed by atoms with Crippen LogP contribution in [0.4, 0.5) is 13.2 Å².